The lowest BCUT2D eigenvalue weighted by Crippen LogP contribution is -1.88. The number of aryl methyl sites for hydroxylation is 1. The standard InChI is InChI=1S/C11H12ClN/c1-8-6-10-7-9(4-5-12)2-3-11(10)13-8/h2-3,7,13H,1,4-6H2. The second-order valence-electron chi connectivity index (χ2n) is 3.34. The van der Waals surface area contributed by atoms with E-state index in [9.17, 15) is 0 Å². The largest absolute Gasteiger partial charge is 0.359 e. The van der Waals surface area contributed by atoms with Crippen LogP contribution in [0.25, 0.3) is 0 Å². The minimum atomic E-state index is 0.688. The van der Waals surface area contributed by atoms with Crippen LogP contribution in [-0.4, -0.2) is 5.88 Å². The van der Waals surface area contributed by atoms with E-state index in [-0.39, 0.29) is 0 Å². The van der Waals surface area contributed by atoms with Gasteiger partial charge in [-0.15, -0.1) is 11.6 Å². The van der Waals surface area contributed by atoms with Crippen molar-refractivity contribution in [2.75, 3.05) is 11.2 Å². The number of anilines is 1. The summed E-state index contributed by atoms with van der Waals surface area (Å²) in [6, 6.07) is 6.44. The minimum absolute atomic E-state index is 0.688. The summed E-state index contributed by atoms with van der Waals surface area (Å²) in [7, 11) is 0. The maximum Gasteiger partial charge on any atom is 0.0418 e. The molecule has 0 bridgehead atoms. The Morgan fingerprint density at radius 2 is 2.31 bits per heavy atom. The van der Waals surface area contributed by atoms with Crippen molar-refractivity contribution in [3.63, 3.8) is 0 Å². The van der Waals surface area contributed by atoms with Gasteiger partial charge in [0.1, 0.15) is 0 Å². The Hall–Kier alpha value is -0.950. The van der Waals surface area contributed by atoms with E-state index in [1.165, 1.54) is 16.8 Å². The first-order valence-corrected chi connectivity index (χ1v) is 4.95. The average molecular weight is 194 g/mol. The van der Waals surface area contributed by atoms with Gasteiger partial charge >= 0.3 is 0 Å². The molecule has 0 fully saturated rings. The molecule has 1 heterocycles. The van der Waals surface area contributed by atoms with Crippen LogP contribution in [0.1, 0.15) is 11.1 Å². The van der Waals surface area contributed by atoms with Gasteiger partial charge in [0.25, 0.3) is 0 Å². The van der Waals surface area contributed by atoms with Crippen LogP contribution in [0.2, 0.25) is 0 Å². The van der Waals surface area contributed by atoms with Gasteiger partial charge in [-0.05, 0) is 23.6 Å². The number of allylic oxidation sites excluding steroid dienone is 1. The van der Waals surface area contributed by atoms with Crippen LogP contribution in [0.5, 0.6) is 0 Å². The van der Waals surface area contributed by atoms with E-state index in [1.807, 2.05) is 0 Å². The number of hydrogen-bond donors (Lipinski definition) is 1. The lowest BCUT2D eigenvalue weighted by atomic mass is 10.1. The van der Waals surface area contributed by atoms with Crippen LogP contribution in [0.4, 0.5) is 5.69 Å². The summed E-state index contributed by atoms with van der Waals surface area (Å²) in [5, 5.41) is 3.24. The summed E-state index contributed by atoms with van der Waals surface area (Å²) in [5.74, 6) is 0.688. The Balaban J connectivity index is 2.29. The van der Waals surface area contributed by atoms with E-state index in [0.717, 1.165) is 18.5 Å². The summed E-state index contributed by atoms with van der Waals surface area (Å²) < 4.78 is 0. The molecule has 1 aromatic carbocycles. The topological polar surface area (TPSA) is 12.0 Å². The zero-order valence-electron chi connectivity index (χ0n) is 7.44. The molecule has 1 aliphatic heterocycles. The Morgan fingerprint density at radius 1 is 1.46 bits per heavy atom. The fourth-order valence-electron chi connectivity index (χ4n) is 1.64. The highest BCUT2D eigenvalue weighted by atomic mass is 35.5. The Labute approximate surface area is 83.4 Å². The highest BCUT2D eigenvalue weighted by molar-refractivity contribution is 6.17. The summed E-state index contributed by atoms with van der Waals surface area (Å²) in [6.07, 6.45) is 1.90. The molecule has 1 N–H and O–H groups in total. The molecule has 0 radical (unpaired) electrons. The first-order chi connectivity index (χ1) is 6.29. The van der Waals surface area contributed by atoms with Crippen molar-refractivity contribution in [2.24, 2.45) is 0 Å². The second kappa shape index (κ2) is 3.43. The lowest BCUT2D eigenvalue weighted by molar-refractivity contribution is 1.13. The van der Waals surface area contributed by atoms with Crippen molar-refractivity contribution in [1.29, 1.82) is 0 Å². The first kappa shape index (κ1) is 8.64. The number of halogens is 1. The van der Waals surface area contributed by atoms with Gasteiger partial charge in [-0.25, -0.2) is 0 Å². The number of benzene rings is 1. The molecule has 0 spiro atoms. The average Bonchev–Trinajstić information content (AvgIpc) is 2.44. The fourth-order valence-corrected chi connectivity index (χ4v) is 1.86. The predicted octanol–water partition coefficient (Wildman–Crippen LogP) is 2.95. The Morgan fingerprint density at radius 3 is 3.08 bits per heavy atom. The predicted molar refractivity (Wildman–Crippen MR) is 57.3 cm³/mol. The molecule has 0 unspecified atom stereocenters. The van der Waals surface area contributed by atoms with E-state index >= 15 is 0 Å². The molecule has 13 heavy (non-hydrogen) atoms. The van der Waals surface area contributed by atoms with Crippen molar-refractivity contribution in [3.8, 4) is 0 Å². The molecule has 2 heteroatoms. The highest BCUT2D eigenvalue weighted by Crippen LogP contribution is 2.27. The van der Waals surface area contributed by atoms with Crippen molar-refractivity contribution in [2.45, 2.75) is 12.8 Å². The van der Waals surface area contributed by atoms with Crippen LogP contribution in [0.15, 0.2) is 30.5 Å². The number of rotatable bonds is 2. The number of alkyl halides is 1. The molecule has 2 rings (SSSR count). The molecule has 0 amide bonds. The van der Waals surface area contributed by atoms with Gasteiger partial charge in [0.2, 0.25) is 0 Å². The number of fused-ring (bicyclic) bond motifs is 1. The third kappa shape index (κ3) is 1.70. The summed E-state index contributed by atoms with van der Waals surface area (Å²) in [4.78, 5) is 0. The van der Waals surface area contributed by atoms with Crippen molar-refractivity contribution in [3.05, 3.63) is 41.6 Å². The SMILES string of the molecule is C=C1Cc2cc(CCCl)ccc2N1. The summed E-state index contributed by atoms with van der Waals surface area (Å²) in [6.45, 7) is 3.91. The van der Waals surface area contributed by atoms with Crippen molar-refractivity contribution >= 4 is 17.3 Å². The van der Waals surface area contributed by atoms with Gasteiger partial charge in [-0.1, -0.05) is 18.7 Å². The summed E-state index contributed by atoms with van der Waals surface area (Å²) >= 11 is 5.68. The van der Waals surface area contributed by atoms with Crippen molar-refractivity contribution < 1.29 is 0 Å². The highest BCUT2D eigenvalue weighted by Gasteiger charge is 2.12. The monoisotopic (exact) mass is 193 g/mol. The molecule has 0 saturated carbocycles. The number of nitrogens with one attached hydrogen (secondary N) is 1. The summed E-state index contributed by atoms with van der Waals surface area (Å²) in [5.41, 5.74) is 4.93. The molecule has 1 nitrogen and oxygen atoms in total. The normalized spacial score (nSPS) is 14.1. The molecular weight excluding hydrogens is 182 g/mol. The fraction of sp³-hybridized carbons (Fsp3) is 0.273. The molecule has 1 aliphatic rings. The Bertz CT molecular complexity index is 344. The van der Waals surface area contributed by atoms with E-state index < -0.39 is 0 Å². The zero-order valence-corrected chi connectivity index (χ0v) is 8.19. The third-order valence-corrected chi connectivity index (χ3v) is 2.46. The first-order valence-electron chi connectivity index (χ1n) is 4.42. The smallest absolute Gasteiger partial charge is 0.0418 e. The molecular formula is C11H12ClN. The van der Waals surface area contributed by atoms with Crippen LogP contribution >= 0.6 is 11.6 Å². The molecule has 0 atom stereocenters. The second-order valence-corrected chi connectivity index (χ2v) is 3.71. The quantitative estimate of drug-likeness (QED) is 0.713. The molecule has 0 aliphatic carbocycles. The van der Waals surface area contributed by atoms with E-state index in [1.54, 1.807) is 0 Å². The minimum Gasteiger partial charge on any atom is -0.359 e. The van der Waals surface area contributed by atoms with Gasteiger partial charge < -0.3 is 5.32 Å². The van der Waals surface area contributed by atoms with E-state index in [4.69, 9.17) is 11.6 Å². The third-order valence-electron chi connectivity index (χ3n) is 2.27. The lowest BCUT2D eigenvalue weighted by Gasteiger charge is -2.01. The maximum absolute atomic E-state index is 5.68. The van der Waals surface area contributed by atoms with Crippen LogP contribution in [-0.2, 0) is 12.8 Å². The van der Waals surface area contributed by atoms with Gasteiger partial charge in [-0.2, -0.15) is 0 Å². The Kier molecular flexibility index (Phi) is 2.28. The number of hydrogen-bond acceptors (Lipinski definition) is 1. The van der Waals surface area contributed by atoms with Crippen LogP contribution in [0.3, 0.4) is 0 Å². The van der Waals surface area contributed by atoms with Crippen molar-refractivity contribution in [1.82, 2.24) is 0 Å². The van der Waals surface area contributed by atoms with Gasteiger partial charge in [0, 0.05) is 23.7 Å². The zero-order chi connectivity index (χ0) is 9.26. The van der Waals surface area contributed by atoms with E-state index in [0.29, 0.717) is 5.88 Å². The van der Waals surface area contributed by atoms with Crippen LogP contribution < -0.4 is 5.32 Å². The molecule has 68 valence electrons. The van der Waals surface area contributed by atoms with E-state index in [2.05, 4.69) is 30.1 Å². The van der Waals surface area contributed by atoms with Crippen LogP contribution in [0, 0.1) is 0 Å². The molecule has 0 saturated heterocycles. The maximum atomic E-state index is 5.68. The molecule has 0 aromatic heterocycles. The van der Waals surface area contributed by atoms with Gasteiger partial charge in [-0.3, -0.25) is 0 Å². The van der Waals surface area contributed by atoms with Gasteiger partial charge in [0.15, 0.2) is 0 Å². The van der Waals surface area contributed by atoms with Gasteiger partial charge in [0.05, 0.1) is 0 Å². The molecule has 1 aromatic rings.